The van der Waals surface area contributed by atoms with E-state index in [1.807, 2.05) is 31.1 Å². The molecule has 8 heteroatoms. The summed E-state index contributed by atoms with van der Waals surface area (Å²) in [5.74, 6) is -0.238. The van der Waals surface area contributed by atoms with Crippen LogP contribution in [0.2, 0.25) is 0 Å². The number of hydrogen-bond donors (Lipinski definition) is 2. The number of nitrogens with one attached hydrogen (secondary N) is 2. The van der Waals surface area contributed by atoms with Crippen LogP contribution in [0.25, 0.3) is 0 Å². The highest BCUT2D eigenvalue weighted by atomic mass is 19.4. The first-order chi connectivity index (χ1) is 15.5. The molecule has 0 aromatic heterocycles. The molecule has 0 bridgehead atoms. The molecule has 0 saturated carbocycles. The van der Waals surface area contributed by atoms with Crippen molar-refractivity contribution < 1.29 is 18.0 Å². The predicted molar refractivity (Wildman–Crippen MR) is 125 cm³/mol. The fraction of sp³-hybridized carbons (Fsp3) is 0.480. The van der Waals surface area contributed by atoms with Crippen LogP contribution in [0.4, 0.5) is 18.9 Å². The summed E-state index contributed by atoms with van der Waals surface area (Å²) in [4.78, 5) is 16.6. The average Bonchev–Trinajstić information content (AvgIpc) is 2.74. The molecule has 0 fully saturated rings. The van der Waals surface area contributed by atoms with Crippen molar-refractivity contribution in [2.75, 3.05) is 45.6 Å². The van der Waals surface area contributed by atoms with Gasteiger partial charge in [-0.05, 0) is 42.9 Å². The third-order valence-corrected chi connectivity index (χ3v) is 5.99. The summed E-state index contributed by atoms with van der Waals surface area (Å²) in [6.07, 6.45) is -4.46. The molecule has 0 atom stereocenters. The summed E-state index contributed by atoms with van der Waals surface area (Å²) in [5.41, 5.74) is 2.56. The molecule has 2 N–H and O–H groups in total. The van der Waals surface area contributed by atoms with Crippen LogP contribution < -0.4 is 10.6 Å². The first kappa shape index (κ1) is 25.1. The van der Waals surface area contributed by atoms with Gasteiger partial charge in [-0.1, -0.05) is 44.2 Å². The van der Waals surface area contributed by atoms with Crippen molar-refractivity contribution in [3.8, 4) is 0 Å². The van der Waals surface area contributed by atoms with E-state index < -0.39 is 11.7 Å². The number of benzene rings is 2. The van der Waals surface area contributed by atoms with Gasteiger partial charge < -0.3 is 20.4 Å². The molecule has 1 aliphatic rings. The van der Waals surface area contributed by atoms with E-state index in [0.717, 1.165) is 24.8 Å². The minimum atomic E-state index is -4.46. The van der Waals surface area contributed by atoms with Gasteiger partial charge in [0.25, 0.3) is 0 Å². The second-order valence-corrected chi connectivity index (χ2v) is 9.45. The maximum Gasteiger partial charge on any atom is 0.416 e. The number of halogens is 3. The van der Waals surface area contributed by atoms with Gasteiger partial charge in [0.05, 0.1) is 12.1 Å². The van der Waals surface area contributed by atoms with E-state index >= 15 is 0 Å². The van der Waals surface area contributed by atoms with Gasteiger partial charge >= 0.3 is 6.18 Å². The standard InChI is InChI=1S/C25H33F3N4O/c1-24(2)17-29-14-18-9-7-11-21(23(18)24)30-15-22(33)32(13-12-31(3)4)16-19-8-5-6-10-20(19)25(26,27)28/h5-11,29-30H,12-17H2,1-4H3. The number of anilines is 1. The van der Waals surface area contributed by atoms with Crippen LogP contribution in [0.1, 0.15) is 36.1 Å². The Morgan fingerprint density at radius 3 is 2.52 bits per heavy atom. The lowest BCUT2D eigenvalue weighted by molar-refractivity contribution is -0.139. The number of carbonyl (C=O) groups excluding carboxylic acids is 1. The van der Waals surface area contributed by atoms with Crippen LogP contribution in [0.15, 0.2) is 42.5 Å². The van der Waals surface area contributed by atoms with Crippen LogP contribution in [0, 0.1) is 0 Å². The first-order valence-electron chi connectivity index (χ1n) is 11.1. The molecule has 0 unspecified atom stereocenters. The van der Waals surface area contributed by atoms with Crippen LogP contribution in [-0.2, 0) is 29.5 Å². The molecule has 180 valence electrons. The quantitative estimate of drug-likeness (QED) is 0.621. The van der Waals surface area contributed by atoms with Gasteiger partial charge in [0.1, 0.15) is 0 Å². The zero-order chi connectivity index (χ0) is 24.2. The molecule has 0 spiro atoms. The summed E-state index contributed by atoms with van der Waals surface area (Å²) in [5, 5.41) is 6.69. The number of rotatable bonds is 8. The Hall–Kier alpha value is -2.58. The molecule has 3 rings (SSSR count). The Bertz CT molecular complexity index is 972. The normalized spacial score (nSPS) is 15.3. The molecular formula is C25H33F3N4O. The van der Waals surface area contributed by atoms with E-state index in [0.29, 0.717) is 13.1 Å². The first-order valence-corrected chi connectivity index (χ1v) is 11.1. The maximum atomic E-state index is 13.5. The van der Waals surface area contributed by atoms with Gasteiger partial charge in [0, 0.05) is 43.8 Å². The number of hydrogen-bond acceptors (Lipinski definition) is 4. The molecule has 0 radical (unpaired) electrons. The zero-order valence-corrected chi connectivity index (χ0v) is 19.7. The van der Waals surface area contributed by atoms with Crippen molar-refractivity contribution in [2.24, 2.45) is 0 Å². The average molecular weight is 463 g/mol. The molecule has 33 heavy (non-hydrogen) atoms. The molecular weight excluding hydrogens is 429 g/mol. The van der Waals surface area contributed by atoms with E-state index in [2.05, 4.69) is 30.5 Å². The highest BCUT2D eigenvalue weighted by molar-refractivity contribution is 5.81. The van der Waals surface area contributed by atoms with Crippen molar-refractivity contribution >= 4 is 11.6 Å². The molecule has 1 amide bonds. The zero-order valence-electron chi connectivity index (χ0n) is 19.7. The Kier molecular flexibility index (Phi) is 7.69. The SMILES string of the molecule is CN(C)CCN(Cc1ccccc1C(F)(F)F)C(=O)CNc1cccc2c1C(C)(C)CNC2. The van der Waals surface area contributed by atoms with Crippen molar-refractivity contribution in [1.82, 2.24) is 15.1 Å². The highest BCUT2D eigenvalue weighted by Gasteiger charge is 2.34. The second-order valence-electron chi connectivity index (χ2n) is 9.45. The lowest BCUT2D eigenvalue weighted by Gasteiger charge is -2.35. The molecule has 2 aromatic rings. The second kappa shape index (κ2) is 10.1. The topological polar surface area (TPSA) is 47.6 Å². The molecule has 0 saturated heterocycles. The van der Waals surface area contributed by atoms with Crippen LogP contribution >= 0.6 is 0 Å². The summed E-state index contributed by atoms with van der Waals surface area (Å²) in [7, 11) is 3.74. The Morgan fingerprint density at radius 1 is 1.09 bits per heavy atom. The smallest absolute Gasteiger partial charge is 0.376 e. The number of carbonyl (C=O) groups is 1. The maximum absolute atomic E-state index is 13.5. The van der Waals surface area contributed by atoms with E-state index in [9.17, 15) is 18.0 Å². The molecule has 2 aromatic carbocycles. The largest absolute Gasteiger partial charge is 0.416 e. The lowest BCUT2D eigenvalue weighted by atomic mass is 9.78. The van der Waals surface area contributed by atoms with E-state index in [4.69, 9.17) is 0 Å². The van der Waals surface area contributed by atoms with Gasteiger partial charge in [-0.2, -0.15) is 13.2 Å². The van der Waals surface area contributed by atoms with Crippen LogP contribution in [0.3, 0.4) is 0 Å². The summed E-state index contributed by atoms with van der Waals surface area (Å²) >= 11 is 0. The summed E-state index contributed by atoms with van der Waals surface area (Å²) in [6, 6.07) is 11.4. The van der Waals surface area contributed by atoms with Crippen molar-refractivity contribution in [3.05, 3.63) is 64.7 Å². The molecule has 5 nitrogen and oxygen atoms in total. The van der Waals surface area contributed by atoms with Gasteiger partial charge in [-0.25, -0.2) is 0 Å². The molecule has 0 aliphatic carbocycles. The van der Waals surface area contributed by atoms with E-state index in [-0.39, 0.29) is 30.0 Å². The number of nitrogens with zero attached hydrogens (tertiary/aromatic N) is 2. The Balaban J connectivity index is 1.79. The Labute approximate surface area is 194 Å². The minimum absolute atomic E-state index is 0.0155. The highest BCUT2D eigenvalue weighted by Crippen LogP contribution is 2.35. The van der Waals surface area contributed by atoms with Crippen LogP contribution in [-0.4, -0.2) is 56.0 Å². The van der Waals surface area contributed by atoms with Crippen molar-refractivity contribution in [3.63, 3.8) is 0 Å². The fourth-order valence-corrected chi connectivity index (χ4v) is 4.33. The molecule has 1 heterocycles. The number of likely N-dealkylation sites (N-methyl/N-ethyl adjacent to an activating group) is 1. The fourth-order valence-electron chi connectivity index (χ4n) is 4.33. The predicted octanol–water partition coefficient (Wildman–Crippen LogP) is 4.09. The van der Waals surface area contributed by atoms with Gasteiger partial charge in [-0.15, -0.1) is 0 Å². The summed E-state index contributed by atoms with van der Waals surface area (Å²) in [6.45, 7) is 6.72. The number of alkyl halides is 3. The lowest BCUT2D eigenvalue weighted by Crippen LogP contribution is -2.41. The third kappa shape index (κ3) is 6.26. The Morgan fingerprint density at radius 2 is 1.82 bits per heavy atom. The van der Waals surface area contributed by atoms with Gasteiger partial charge in [0.2, 0.25) is 5.91 Å². The number of amides is 1. The summed E-state index contributed by atoms with van der Waals surface area (Å²) < 4.78 is 40.5. The van der Waals surface area contributed by atoms with E-state index in [1.54, 1.807) is 6.07 Å². The van der Waals surface area contributed by atoms with Crippen molar-refractivity contribution in [2.45, 2.75) is 38.5 Å². The monoisotopic (exact) mass is 462 g/mol. The van der Waals surface area contributed by atoms with Crippen LogP contribution in [0.5, 0.6) is 0 Å². The third-order valence-electron chi connectivity index (χ3n) is 5.99. The number of fused-ring (bicyclic) bond motifs is 1. The minimum Gasteiger partial charge on any atom is -0.376 e. The van der Waals surface area contributed by atoms with E-state index in [1.165, 1.54) is 28.2 Å². The molecule has 1 aliphatic heterocycles. The van der Waals surface area contributed by atoms with Crippen molar-refractivity contribution in [1.29, 1.82) is 0 Å². The van der Waals surface area contributed by atoms with Gasteiger partial charge in [-0.3, -0.25) is 4.79 Å². The van der Waals surface area contributed by atoms with Gasteiger partial charge in [0.15, 0.2) is 0 Å².